The molecular weight excluding hydrogens is 196 g/mol. The molecule has 1 fully saturated rings. The van der Waals surface area contributed by atoms with Crippen molar-refractivity contribution in [1.82, 2.24) is 5.43 Å². The maximum Gasteiger partial charge on any atom is 0.0431 e. The van der Waals surface area contributed by atoms with E-state index in [9.17, 15) is 0 Å². The summed E-state index contributed by atoms with van der Waals surface area (Å²) in [6.45, 7) is 2.08. The van der Waals surface area contributed by atoms with Gasteiger partial charge in [0.2, 0.25) is 0 Å². The summed E-state index contributed by atoms with van der Waals surface area (Å²) in [6.07, 6.45) is 6.94. The van der Waals surface area contributed by atoms with Crippen LogP contribution in [-0.4, -0.2) is 0 Å². The van der Waals surface area contributed by atoms with Crippen molar-refractivity contribution in [2.24, 2.45) is 5.84 Å². The van der Waals surface area contributed by atoms with Gasteiger partial charge in [-0.15, -0.1) is 0 Å². The van der Waals surface area contributed by atoms with Crippen LogP contribution in [0.1, 0.15) is 62.1 Å². The molecule has 2 heteroatoms. The largest absolute Gasteiger partial charge is 0.271 e. The van der Waals surface area contributed by atoms with E-state index in [0.29, 0.717) is 0 Å². The second kappa shape index (κ2) is 5.46. The average Bonchev–Trinajstić information content (AvgIpc) is 2.39. The molecule has 0 amide bonds. The van der Waals surface area contributed by atoms with Crippen molar-refractivity contribution in [1.29, 1.82) is 0 Å². The second-order valence-corrected chi connectivity index (χ2v) is 4.89. The Morgan fingerprint density at radius 3 is 2.31 bits per heavy atom. The van der Waals surface area contributed by atoms with Crippen molar-refractivity contribution in [3.8, 4) is 0 Å². The molecule has 0 aliphatic heterocycles. The van der Waals surface area contributed by atoms with Gasteiger partial charge in [0.25, 0.3) is 0 Å². The average molecular weight is 218 g/mol. The lowest BCUT2D eigenvalue weighted by atomic mass is 9.84. The number of nitrogens with one attached hydrogen (secondary N) is 1. The van der Waals surface area contributed by atoms with E-state index in [4.69, 9.17) is 5.84 Å². The van der Waals surface area contributed by atoms with Crippen LogP contribution < -0.4 is 11.3 Å². The highest BCUT2D eigenvalue weighted by atomic mass is 15.2. The molecule has 2 nitrogen and oxygen atoms in total. The predicted octanol–water partition coefficient (Wildman–Crippen LogP) is 3.26. The van der Waals surface area contributed by atoms with E-state index >= 15 is 0 Å². The van der Waals surface area contributed by atoms with E-state index in [1.807, 2.05) is 0 Å². The van der Waals surface area contributed by atoms with Gasteiger partial charge < -0.3 is 0 Å². The highest BCUT2D eigenvalue weighted by Crippen LogP contribution is 2.32. The standard InChI is InChI=1S/C14H22N2/c1-11(16-15)12-7-9-14(10-8-12)13-5-3-2-4-6-13/h7-11,13,16H,2-6,15H2,1H3. The number of benzene rings is 1. The zero-order valence-corrected chi connectivity index (χ0v) is 10.1. The first kappa shape index (κ1) is 11.6. The summed E-state index contributed by atoms with van der Waals surface area (Å²) < 4.78 is 0. The number of hydrogen-bond acceptors (Lipinski definition) is 2. The van der Waals surface area contributed by atoms with Crippen LogP contribution in [0.15, 0.2) is 24.3 Å². The molecule has 1 aromatic carbocycles. The quantitative estimate of drug-likeness (QED) is 0.603. The first-order valence-electron chi connectivity index (χ1n) is 6.37. The lowest BCUT2D eigenvalue weighted by molar-refractivity contribution is 0.443. The fourth-order valence-corrected chi connectivity index (χ4v) is 2.59. The maximum absolute atomic E-state index is 5.43. The van der Waals surface area contributed by atoms with Gasteiger partial charge >= 0.3 is 0 Å². The predicted molar refractivity (Wildman–Crippen MR) is 68.0 cm³/mol. The number of rotatable bonds is 3. The Balaban J connectivity index is 2.06. The molecule has 0 saturated heterocycles. The van der Waals surface area contributed by atoms with E-state index in [0.717, 1.165) is 5.92 Å². The highest BCUT2D eigenvalue weighted by molar-refractivity contribution is 5.27. The topological polar surface area (TPSA) is 38.0 Å². The van der Waals surface area contributed by atoms with E-state index < -0.39 is 0 Å². The van der Waals surface area contributed by atoms with Gasteiger partial charge in [0.1, 0.15) is 0 Å². The third kappa shape index (κ3) is 2.63. The van der Waals surface area contributed by atoms with Gasteiger partial charge in [-0.05, 0) is 36.8 Å². The van der Waals surface area contributed by atoms with Crippen LogP contribution in [0, 0.1) is 0 Å². The smallest absolute Gasteiger partial charge is 0.0431 e. The van der Waals surface area contributed by atoms with Crippen LogP contribution in [0.5, 0.6) is 0 Å². The zero-order valence-electron chi connectivity index (χ0n) is 10.1. The maximum atomic E-state index is 5.43. The van der Waals surface area contributed by atoms with Crippen molar-refractivity contribution < 1.29 is 0 Å². The number of nitrogens with two attached hydrogens (primary N) is 1. The van der Waals surface area contributed by atoms with E-state index in [1.165, 1.54) is 43.2 Å². The van der Waals surface area contributed by atoms with Gasteiger partial charge in [0.05, 0.1) is 0 Å². The molecule has 0 spiro atoms. The Kier molecular flexibility index (Phi) is 3.97. The molecule has 0 aromatic heterocycles. The summed E-state index contributed by atoms with van der Waals surface area (Å²) in [4.78, 5) is 0. The minimum atomic E-state index is 0.236. The molecular formula is C14H22N2. The molecule has 1 saturated carbocycles. The summed E-state index contributed by atoms with van der Waals surface area (Å²) in [5.74, 6) is 6.23. The first-order chi connectivity index (χ1) is 7.81. The lowest BCUT2D eigenvalue weighted by Crippen LogP contribution is -2.25. The van der Waals surface area contributed by atoms with Crippen molar-refractivity contribution >= 4 is 0 Å². The van der Waals surface area contributed by atoms with Crippen molar-refractivity contribution in [2.45, 2.75) is 51.0 Å². The molecule has 1 unspecified atom stereocenters. The molecule has 16 heavy (non-hydrogen) atoms. The molecule has 1 aromatic rings. The molecule has 0 heterocycles. The van der Waals surface area contributed by atoms with Gasteiger partial charge in [-0.2, -0.15) is 0 Å². The van der Waals surface area contributed by atoms with E-state index in [-0.39, 0.29) is 6.04 Å². The zero-order chi connectivity index (χ0) is 11.4. The van der Waals surface area contributed by atoms with Gasteiger partial charge in [-0.25, -0.2) is 0 Å². The van der Waals surface area contributed by atoms with Gasteiger partial charge in [0, 0.05) is 6.04 Å². The minimum Gasteiger partial charge on any atom is -0.271 e. The summed E-state index contributed by atoms with van der Waals surface area (Å²) in [5.41, 5.74) is 5.55. The molecule has 1 aliphatic carbocycles. The Hall–Kier alpha value is -0.860. The van der Waals surface area contributed by atoms with Crippen LogP contribution in [0.25, 0.3) is 0 Å². The summed E-state index contributed by atoms with van der Waals surface area (Å²) >= 11 is 0. The Morgan fingerprint density at radius 1 is 1.12 bits per heavy atom. The highest BCUT2D eigenvalue weighted by Gasteiger charge is 2.15. The molecule has 3 N–H and O–H groups in total. The fourth-order valence-electron chi connectivity index (χ4n) is 2.59. The summed E-state index contributed by atoms with van der Waals surface area (Å²) in [6, 6.07) is 9.20. The SMILES string of the molecule is CC(NN)c1ccc(C2CCCCC2)cc1. The third-order valence-electron chi connectivity index (χ3n) is 3.76. The van der Waals surface area contributed by atoms with Crippen LogP contribution in [0.3, 0.4) is 0 Å². The fraction of sp³-hybridized carbons (Fsp3) is 0.571. The number of hydrogen-bond donors (Lipinski definition) is 2. The van der Waals surface area contributed by atoms with Crippen LogP contribution in [0.2, 0.25) is 0 Å². The molecule has 1 atom stereocenters. The van der Waals surface area contributed by atoms with Gasteiger partial charge in [-0.3, -0.25) is 11.3 Å². The molecule has 88 valence electrons. The van der Waals surface area contributed by atoms with Gasteiger partial charge in [-0.1, -0.05) is 43.5 Å². The lowest BCUT2D eigenvalue weighted by Gasteiger charge is -2.22. The van der Waals surface area contributed by atoms with Crippen LogP contribution in [0.4, 0.5) is 0 Å². The van der Waals surface area contributed by atoms with E-state index in [1.54, 1.807) is 0 Å². The van der Waals surface area contributed by atoms with Gasteiger partial charge in [0.15, 0.2) is 0 Å². The van der Waals surface area contributed by atoms with Crippen molar-refractivity contribution in [3.05, 3.63) is 35.4 Å². The summed E-state index contributed by atoms with van der Waals surface area (Å²) in [7, 11) is 0. The van der Waals surface area contributed by atoms with Crippen LogP contribution in [-0.2, 0) is 0 Å². The normalized spacial score (nSPS) is 19.6. The van der Waals surface area contributed by atoms with Crippen molar-refractivity contribution in [2.75, 3.05) is 0 Å². The molecule has 1 aliphatic rings. The second-order valence-electron chi connectivity index (χ2n) is 4.89. The van der Waals surface area contributed by atoms with E-state index in [2.05, 4.69) is 36.6 Å². The summed E-state index contributed by atoms with van der Waals surface area (Å²) in [5, 5.41) is 0. The Bertz CT molecular complexity index is 312. The van der Waals surface area contributed by atoms with Crippen LogP contribution >= 0.6 is 0 Å². The molecule has 0 radical (unpaired) electrons. The van der Waals surface area contributed by atoms with Crippen molar-refractivity contribution in [3.63, 3.8) is 0 Å². The monoisotopic (exact) mass is 218 g/mol. The molecule has 2 rings (SSSR count). The number of hydrazine groups is 1. The Morgan fingerprint density at radius 2 is 1.75 bits per heavy atom. The Labute approximate surface area is 98.2 Å². The minimum absolute atomic E-state index is 0.236. The first-order valence-corrected chi connectivity index (χ1v) is 6.37. The molecule has 0 bridgehead atoms. The third-order valence-corrected chi connectivity index (χ3v) is 3.76.